The molecule has 0 saturated carbocycles. The van der Waals surface area contributed by atoms with Gasteiger partial charge in [-0.15, -0.1) is 0 Å². The van der Waals surface area contributed by atoms with Crippen LogP contribution in [0.25, 0.3) is 16.9 Å². The van der Waals surface area contributed by atoms with Crippen LogP contribution in [0, 0.1) is 6.92 Å². The van der Waals surface area contributed by atoms with E-state index in [-0.39, 0.29) is 5.69 Å². The summed E-state index contributed by atoms with van der Waals surface area (Å²) in [5.41, 5.74) is 3.31. The standard InChI is InChI=1S/C17H15N3O3/c1-11-4-3-5-12(8-11)15-9-14(17(21)22)19-20(15)13-6-7-16(23-2)18-10-13/h3-10H,1-2H3,(H,21,22). The van der Waals surface area contributed by atoms with E-state index in [9.17, 15) is 9.90 Å². The molecule has 0 amide bonds. The second-order valence-electron chi connectivity index (χ2n) is 5.06. The molecule has 0 unspecified atom stereocenters. The lowest BCUT2D eigenvalue weighted by Crippen LogP contribution is -2.03. The van der Waals surface area contributed by atoms with Crippen LogP contribution in [0.2, 0.25) is 0 Å². The molecule has 1 N–H and O–H groups in total. The second kappa shape index (κ2) is 5.92. The Morgan fingerprint density at radius 2 is 2.04 bits per heavy atom. The number of pyridine rings is 1. The number of hydrogen-bond donors (Lipinski definition) is 1. The van der Waals surface area contributed by atoms with Gasteiger partial charge >= 0.3 is 5.97 Å². The molecule has 2 heterocycles. The van der Waals surface area contributed by atoms with Crippen molar-refractivity contribution in [3.63, 3.8) is 0 Å². The van der Waals surface area contributed by atoms with Gasteiger partial charge in [-0.2, -0.15) is 5.10 Å². The number of aromatic carboxylic acids is 1. The predicted molar refractivity (Wildman–Crippen MR) is 85.0 cm³/mol. The van der Waals surface area contributed by atoms with Crippen LogP contribution in [0.1, 0.15) is 16.1 Å². The Morgan fingerprint density at radius 1 is 1.22 bits per heavy atom. The molecular formula is C17H15N3O3. The van der Waals surface area contributed by atoms with Gasteiger partial charge in [0.1, 0.15) is 0 Å². The van der Waals surface area contributed by atoms with Crippen molar-refractivity contribution in [2.24, 2.45) is 0 Å². The van der Waals surface area contributed by atoms with E-state index in [1.165, 1.54) is 7.11 Å². The Bertz CT molecular complexity index is 854. The van der Waals surface area contributed by atoms with E-state index in [1.807, 2.05) is 31.2 Å². The summed E-state index contributed by atoms with van der Waals surface area (Å²) >= 11 is 0. The van der Waals surface area contributed by atoms with Crippen LogP contribution in [-0.4, -0.2) is 33.0 Å². The molecule has 2 aromatic heterocycles. The van der Waals surface area contributed by atoms with Gasteiger partial charge in [-0.25, -0.2) is 14.5 Å². The molecule has 0 atom stereocenters. The number of hydrogen-bond acceptors (Lipinski definition) is 4. The number of carbonyl (C=O) groups is 1. The fourth-order valence-corrected chi connectivity index (χ4v) is 2.31. The lowest BCUT2D eigenvalue weighted by molar-refractivity contribution is 0.0690. The van der Waals surface area contributed by atoms with Crippen LogP contribution in [0.4, 0.5) is 0 Å². The van der Waals surface area contributed by atoms with E-state index in [0.29, 0.717) is 17.3 Å². The third-order valence-corrected chi connectivity index (χ3v) is 3.42. The highest BCUT2D eigenvalue weighted by Gasteiger charge is 2.16. The highest BCUT2D eigenvalue weighted by atomic mass is 16.5. The number of benzene rings is 1. The van der Waals surface area contributed by atoms with E-state index < -0.39 is 5.97 Å². The molecule has 0 fully saturated rings. The molecule has 3 aromatic rings. The summed E-state index contributed by atoms with van der Waals surface area (Å²) < 4.78 is 6.62. The summed E-state index contributed by atoms with van der Waals surface area (Å²) in [6.07, 6.45) is 1.59. The fourth-order valence-electron chi connectivity index (χ4n) is 2.31. The number of aromatic nitrogens is 3. The van der Waals surface area contributed by atoms with Crippen molar-refractivity contribution in [3.8, 4) is 22.8 Å². The zero-order valence-electron chi connectivity index (χ0n) is 12.7. The number of methoxy groups -OCH3 is 1. The van der Waals surface area contributed by atoms with Crippen molar-refractivity contribution in [2.75, 3.05) is 7.11 Å². The molecule has 0 aliphatic rings. The maximum absolute atomic E-state index is 11.3. The number of rotatable bonds is 4. The number of ether oxygens (including phenoxy) is 1. The maximum atomic E-state index is 11.3. The Labute approximate surface area is 133 Å². The smallest absolute Gasteiger partial charge is 0.356 e. The van der Waals surface area contributed by atoms with Gasteiger partial charge in [0.15, 0.2) is 5.69 Å². The van der Waals surface area contributed by atoms with Crippen molar-refractivity contribution in [2.45, 2.75) is 6.92 Å². The molecule has 0 saturated heterocycles. The average molecular weight is 309 g/mol. The zero-order chi connectivity index (χ0) is 16.4. The summed E-state index contributed by atoms with van der Waals surface area (Å²) in [5.74, 6) is -0.587. The first kappa shape index (κ1) is 14.8. The normalized spacial score (nSPS) is 10.5. The van der Waals surface area contributed by atoms with Crippen molar-refractivity contribution >= 4 is 5.97 Å². The highest BCUT2D eigenvalue weighted by molar-refractivity contribution is 5.87. The number of aryl methyl sites for hydroxylation is 1. The maximum Gasteiger partial charge on any atom is 0.356 e. The largest absolute Gasteiger partial charge is 0.481 e. The Balaban J connectivity index is 2.16. The summed E-state index contributed by atoms with van der Waals surface area (Å²) in [6, 6.07) is 12.9. The van der Waals surface area contributed by atoms with Crippen molar-refractivity contribution in [1.82, 2.24) is 14.8 Å². The molecule has 6 heteroatoms. The van der Waals surface area contributed by atoms with Crippen molar-refractivity contribution in [1.29, 1.82) is 0 Å². The Kier molecular flexibility index (Phi) is 3.80. The predicted octanol–water partition coefficient (Wildman–Crippen LogP) is 2.95. The zero-order valence-corrected chi connectivity index (χ0v) is 12.7. The molecule has 0 aliphatic carbocycles. The fraction of sp³-hybridized carbons (Fsp3) is 0.118. The molecule has 0 radical (unpaired) electrons. The summed E-state index contributed by atoms with van der Waals surface area (Å²) in [5, 5.41) is 13.4. The van der Waals surface area contributed by atoms with E-state index in [0.717, 1.165) is 11.1 Å². The van der Waals surface area contributed by atoms with Crippen molar-refractivity contribution in [3.05, 3.63) is 59.9 Å². The molecule has 23 heavy (non-hydrogen) atoms. The van der Waals surface area contributed by atoms with Crippen LogP contribution in [0.5, 0.6) is 5.88 Å². The molecule has 6 nitrogen and oxygen atoms in total. The first-order valence-electron chi connectivity index (χ1n) is 6.99. The van der Waals surface area contributed by atoms with Crippen LogP contribution in [0.15, 0.2) is 48.7 Å². The lowest BCUT2D eigenvalue weighted by atomic mass is 10.1. The number of carboxylic acid groups (broad SMARTS) is 1. The first-order chi connectivity index (χ1) is 11.1. The number of carboxylic acids is 1. The third-order valence-electron chi connectivity index (χ3n) is 3.42. The molecule has 116 valence electrons. The minimum absolute atomic E-state index is 0.0164. The molecule has 0 aliphatic heterocycles. The van der Waals surface area contributed by atoms with Gasteiger partial charge in [0, 0.05) is 11.6 Å². The van der Waals surface area contributed by atoms with Gasteiger partial charge in [0.2, 0.25) is 5.88 Å². The first-order valence-corrected chi connectivity index (χ1v) is 6.99. The summed E-state index contributed by atoms with van der Waals surface area (Å²) in [7, 11) is 1.54. The summed E-state index contributed by atoms with van der Waals surface area (Å²) in [6.45, 7) is 1.98. The molecule has 3 rings (SSSR count). The molecule has 0 spiro atoms. The average Bonchev–Trinajstić information content (AvgIpc) is 3.00. The minimum Gasteiger partial charge on any atom is -0.481 e. The van der Waals surface area contributed by atoms with E-state index in [1.54, 1.807) is 29.1 Å². The van der Waals surface area contributed by atoms with Crippen LogP contribution in [0.3, 0.4) is 0 Å². The lowest BCUT2D eigenvalue weighted by Gasteiger charge is -2.08. The Morgan fingerprint density at radius 3 is 2.65 bits per heavy atom. The highest BCUT2D eigenvalue weighted by Crippen LogP contribution is 2.25. The van der Waals surface area contributed by atoms with Crippen LogP contribution < -0.4 is 4.74 Å². The van der Waals surface area contributed by atoms with Gasteiger partial charge in [-0.1, -0.05) is 23.8 Å². The SMILES string of the molecule is COc1ccc(-n2nc(C(=O)O)cc2-c2cccc(C)c2)cn1. The summed E-state index contributed by atoms with van der Waals surface area (Å²) in [4.78, 5) is 15.4. The third kappa shape index (κ3) is 2.91. The molecule has 1 aromatic carbocycles. The van der Waals surface area contributed by atoms with Gasteiger partial charge in [0.25, 0.3) is 0 Å². The topological polar surface area (TPSA) is 77.2 Å². The van der Waals surface area contributed by atoms with Crippen LogP contribution in [-0.2, 0) is 0 Å². The van der Waals surface area contributed by atoms with E-state index in [2.05, 4.69) is 10.1 Å². The van der Waals surface area contributed by atoms with Gasteiger partial charge in [0.05, 0.1) is 24.7 Å². The van der Waals surface area contributed by atoms with Crippen molar-refractivity contribution < 1.29 is 14.6 Å². The van der Waals surface area contributed by atoms with Crippen LogP contribution >= 0.6 is 0 Å². The van der Waals surface area contributed by atoms with Gasteiger partial charge in [-0.3, -0.25) is 0 Å². The quantitative estimate of drug-likeness (QED) is 0.801. The second-order valence-corrected chi connectivity index (χ2v) is 5.06. The van der Waals surface area contributed by atoms with Gasteiger partial charge < -0.3 is 9.84 Å². The minimum atomic E-state index is -1.07. The number of nitrogens with zero attached hydrogens (tertiary/aromatic N) is 3. The van der Waals surface area contributed by atoms with Gasteiger partial charge in [-0.05, 0) is 25.1 Å². The van der Waals surface area contributed by atoms with E-state index in [4.69, 9.17) is 4.74 Å². The monoisotopic (exact) mass is 309 g/mol. The molecule has 0 bridgehead atoms. The van der Waals surface area contributed by atoms with E-state index >= 15 is 0 Å². The molecular weight excluding hydrogens is 294 g/mol. The Hall–Kier alpha value is -3.15.